The van der Waals surface area contributed by atoms with Gasteiger partial charge in [-0.3, -0.25) is 0 Å². The van der Waals surface area contributed by atoms with Crippen molar-refractivity contribution in [3.8, 4) is 22.3 Å². The Bertz CT molecular complexity index is 6850. The Morgan fingerprint density at radius 3 is 1.12 bits per heavy atom. The SMILES string of the molecule is c1ccc(-c2cccc(-c3ccccc3)c2N2c3cc4c(cc3B3c5ccccc5N(c5cccc6sc7ccccc7c56)c5cc(N(c6ccccc6)c6ccccc6)cc2c53)B2c3ccccc3N(c3ccccc3)c3cc(N(c5ccccc5)c5cccc6sc7ccccc7c56)cc(c32)N4c2ccccc2)cc1. The van der Waals surface area contributed by atoms with Gasteiger partial charge in [-0.15, -0.1) is 22.7 Å². The van der Waals surface area contributed by atoms with Gasteiger partial charge in [-0.2, -0.15) is 0 Å². The Hall–Kier alpha value is -13.9. The average molecular weight is 1460 g/mol. The third kappa shape index (κ3) is 9.92. The topological polar surface area (TPSA) is 19.4 Å². The van der Waals surface area contributed by atoms with E-state index in [-0.39, 0.29) is 13.4 Å². The molecule has 0 aliphatic carbocycles. The lowest BCUT2D eigenvalue weighted by atomic mass is 9.30. The molecule has 23 rings (SSSR count). The molecule has 0 N–H and O–H groups in total. The zero-order valence-corrected chi connectivity index (χ0v) is 62.4. The predicted molar refractivity (Wildman–Crippen MR) is 481 cm³/mol. The normalized spacial score (nSPS) is 12.9. The molecule has 0 bridgehead atoms. The van der Waals surface area contributed by atoms with Gasteiger partial charge in [0.05, 0.1) is 28.4 Å². The first-order valence-electron chi connectivity index (χ1n) is 38.5. The Morgan fingerprint density at radius 1 is 0.223 bits per heavy atom. The van der Waals surface area contributed by atoms with Crippen molar-refractivity contribution in [3.05, 3.63) is 400 Å². The van der Waals surface area contributed by atoms with E-state index in [1.807, 2.05) is 22.7 Å². The van der Waals surface area contributed by atoms with Crippen LogP contribution < -0.4 is 62.2 Å². The fourth-order valence-electron chi connectivity index (χ4n) is 18.8. The fraction of sp³-hybridized carbons (Fsp3) is 0. The molecule has 0 unspecified atom stereocenters. The molecular weight excluding hydrogens is 1390 g/mol. The summed E-state index contributed by atoms with van der Waals surface area (Å²) in [6.07, 6.45) is 0. The van der Waals surface area contributed by atoms with Crippen molar-refractivity contribution in [2.24, 2.45) is 0 Å². The molecule has 0 atom stereocenters. The van der Waals surface area contributed by atoms with Crippen molar-refractivity contribution < 1.29 is 0 Å². The highest BCUT2D eigenvalue weighted by atomic mass is 32.1. The summed E-state index contributed by atoms with van der Waals surface area (Å²) >= 11 is 3.73. The Balaban J connectivity index is 0.880. The second-order valence-corrected chi connectivity index (χ2v) is 31.5. The number of hydrogen-bond donors (Lipinski definition) is 0. The summed E-state index contributed by atoms with van der Waals surface area (Å²) in [6.45, 7) is -0.529. The number of rotatable bonds is 12. The van der Waals surface area contributed by atoms with Crippen LogP contribution in [0.1, 0.15) is 0 Å². The number of hydrogen-bond acceptors (Lipinski definition) is 8. The first kappa shape index (κ1) is 64.1. The van der Waals surface area contributed by atoms with Gasteiger partial charge in [0, 0.05) is 125 Å². The maximum absolute atomic E-state index is 2.72. The van der Waals surface area contributed by atoms with Crippen molar-refractivity contribution in [2.75, 3.05) is 29.4 Å². The standard InChI is InChI=1S/C102H66B2N6S2/c1-8-33-67(34-9-1)76-49-30-50-77(68-35-10-2-11-36-68)102(76)110-89-66-88-82(65-83(89)104-81-52-25-27-54-85(81)109(87-56-32-60-97-99(87)79-48-23-29-58-95(79)112-97)92-61-74(62-93(110)101(92)104)105(69-37-12-3-13-38-69)70-39-14-4-15-40-70)103-80-51-24-26-53-84(80)107(72-43-18-6-19-44-72)90-63-75(64-91(100(90)103)108(88)73-45-20-7-21-46-73)106(71-41-16-5-17-42-71)86-55-31-59-96-98(86)78-47-22-28-57-94(78)111-96/h1-66H. The molecule has 6 nitrogen and oxygen atoms in total. The maximum Gasteiger partial charge on any atom is 0.252 e. The smallest absolute Gasteiger partial charge is 0.252 e. The molecule has 0 spiro atoms. The minimum atomic E-state index is -0.282. The first-order valence-corrected chi connectivity index (χ1v) is 40.1. The summed E-state index contributed by atoms with van der Waals surface area (Å²) in [5, 5.41) is 4.96. The molecule has 17 aromatic carbocycles. The molecule has 522 valence electrons. The van der Waals surface area contributed by atoms with Crippen molar-refractivity contribution in [1.29, 1.82) is 0 Å². The maximum atomic E-state index is 2.72. The van der Waals surface area contributed by atoms with E-state index in [4.69, 9.17) is 0 Å². The number of fused-ring (bicyclic) bond motifs is 14. The number of benzene rings is 17. The number of para-hydroxylation sites is 8. The zero-order chi connectivity index (χ0) is 73.5. The van der Waals surface area contributed by atoms with E-state index in [9.17, 15) is 0 Å². The summed E-state index contributed by atoms with van der Waals surface area (Å²) in [5.74, 6) is 0. The van der Waals surface area contributed by atoms with Gasteiger partial charge in [-0.1, -0.05) is 261 Å². The van der Waals surface area contributed by atoms with E-state index >= 15 is 0 Å². The van der Waals surface area contributed by atoms with E-state index in [1.165, 1.54) is 73.1 Å². The Kier molecular flexibility index (Phi) is 14.8. The van der Waals surface area contributed by atoms with Crippen LogP contribution in [0.3, 0.4) is 0 Å². The van der Waals surface area contributed by atoms with E-state index in [0.717, 1.165) is 125 Å². The van der Waals surface area contributed by atoms with E-state index in [2.05, 4.69) is 430 Å². The van der Waals surface area contributed by atoms with Gasteiger partial charge in [0.25, 0.3) is 13.4 Å². The Labute approximate surface area is 658 Å². The molecular formula is C102H66B2N6S2. The number of anilines is 18. The van der Waals surface area contributed by atoms with Gasteiger partial charge >= 0.3 is 0 Å². The second kappa shape index (κ2) is 25.9. The molecule has 0 radical (unpaired) electrons. The van der Waals surface area contributed by atoms with Crippen LogP contribution >= 0.6 is 22.7 Å². The third-order valence-corrected chi connectivity index (χ3v) is 25.6. The van der Waals surface area contributed by atoms with Crippen molar-refractivity contribution in [2.45, 2.75) is 0 Å². The second-order valence-electron chi connectivity index (χ2n) is 29.4. The zero-order valence-electron chi connectivity index (χ0n) is 60.8. The summed E-state index contributed by atoms with van der Waals surface area (Å²) in [4.78, 5) is 15.5. The third-order valence-electron chi connectivity index (χ3n) is 23.3. The first-order chi connectivity index (χ1) is 55.6. The molecule has 0 amide bonds. The van der Waals surface area contributed by atoms with Gasteiger partial charge < -0.3 is 29.4 Å². The number of nitrogens with zero attached hydrogens (tertiary/aromatic N) is 6. The summed E-state index contributed by atoms with van der Waals surface area (Å²) in [5.41, 5.74) is 31.5. The van der Waals surface area contributed by atoms with Gasteiger partial charge in [0.1, 0.15) is 0 Å². The van der Waals surface area contributed by atoms with Crippen LogP contribution in [0.4, 0.5) is 102 Å². The predicted octanol–water partition coefficient (Wildman–Crippen LogP) is 24.9. The molecule has 19 aromatic rings. The lowest BCUT2D eigenvalue weighted by molar-refractivity contribution is 1.22. The summed E-state index contributed by atoms with van der Waals surface area (Å²) < 4.78 is 5.01. The van der Waals surface area contributed by atoms with Gasteiger partial charge in [0.2, 0.25) is 0 Å². The largest absolute Gasteiger partial charge is 0.311 e. The molecule has 10 heteroatoms. The molecule has 0 saturated heterocycles. The molecule has 2 aromatic heterocycles. The highest BCUT2D eigenvalue weighted by Gasteiger charge is 2.50. The molecule has 0 fully saturated rings. The van der Waals surface area contributed by atoms with Crippen molar-refractivity contribution in [3.63, 3.8) is 0 Å². The number of thiophene rings is 2. The quantitative estimate of drug-likeness (QED) is 0.113. The molecule has 112 heavy (non-hydrogen) atoms. The highest BCUT2D eigenvalue weighted by Crippen LogP contribution is 2.57. The molecule has 6 heterocycles. The van der Waals surface area contributed by atoms with Crippen LogP contribution in [-0.4, -0.2) is 13.4 Å². The Morgan fingerprint density at radius 2 is 0.589 bits per heavy atom. The minimum Gasteiger partial charge on any atom is -0.311 e. The van der Waals surface area contributed by atoms with Gasteiger partial charge in [-0.05, 0) is 183 Å². The van der Waals surface area contributed by atoms with Crippen LogP contribution in [0.5, 0.6) is 0 Å². The van der Waals surface area contributed by atoms with E-state index in [1.54, 1.807) is 0 Å². The van der Waals surface area contributed by atoms with Crippen LogP contribution in [0, 0.1) is 0 Å². The summed E-state index contributed by atoms with van der Waals surface area (Å²) in [6, 6.07) is 150. The minimum absolute atomic E-state index is 0.247. The molecule has 4 aliphatic heterocycles. The molecule has 4 aliphatic rings. The monoisotopic (exact) mass is 1460 g/mol. The van der Waals surface area contributed by atoms with Crippen LogP contribution in [0.2, 0.25) is 0 Å². The molecule has 0 saturated carbocycles. The van der Waals surface area contributed by atoms with E-state index in [0.29, 0.717) is 0 Å². The van der Waals surface area contributed by atoms with Crippen LogP contribution in [0.15, 0.2) is 400 Å². The lowest BCUT2D eigenvalue weighted by Gasteiger charge is -2.48. The highest BCUT2D eigenvalue weighted by molar-refractivity contribution is 7.26. The average Bonchev–Trinajstić information content (AvgIpc) is 0.734. The van der Waals surface area contributed by atoms with Crippen molar-refractivity contribution >= 4 is 212 Å². The lowest BCUT2D eigenvalue weighted by Crippen LogP contribution is -2.65. The van der Waals surface area contributed by atoms with E-state index < -0.39 is 0 Å². The van der Waals surface area contributed by atoms with Gasteiger partial charge in [0.15, 0.2) is 0 Å². The van der Waals surface area contributed by atoms with Crippen molar-refractivity contribution in [1.82, 2.24) is 0 Å². The van der Waals surface area contributed by atoms with Crippen LogP contribution in [0.25, 0.3) is 62.6 Å². The fourth-order valence-corrected chi connectivity index (χ4v) is 21.1. The van der Waals surface area contributed by atoms with Gasteiger partial charge in [-0.25, -0.2) is 0 Å². The van der Waals surface area contributed by atoms with Crippen LogP contribution in [-0.2, 0) is 0 Å². The summed E-state index contributed by atoms with van der Waals surface area (Å²) in [7, 11) is 0.